The van der Waals surface area contributed by atoms with Crippen molar-refractivity contribution < 1.29 is 17.6 Å². The highest BCUT2D eigenvalue weighted by Crippen LogP contribution is 2.58. The topological polar surface area (TPSA) is 72.9 Å². The standard InChI is InChI=1S/C21H23F3N6OS/c1-13-17(31-12-26-13)18-27-28-19(29(18)2)32-7-3-6-30-10-15-8-20(15,11-30)14-4-5-16(25-9-14)21(22,23)24/h4-5,9,12,15H,3,6-8,10-11H2,1-2H3. The zero-order chi connectivity index (χ0) is 22.5. The van der Waals surface area contributed by atoms with Crippen LogP contribution < -0.4 is 0 Å². The average molecular weight is 465 g/mol. The van der Waals surface area contributed by atoms with E-state index in [-0.39, 0.29) is 5.41 Å². The first-order valence-corrected chi connectivity index (χ1v) is 11.5. The molecule has 0 spiro atoms. The van der Waals surface area contributed by atoms with Crippen molar-refractivity contribution in [2.75, 3.05) is 25.4 Å². The Morgan fingerprint density at radius 3 is 2.78 bits per heavy atom. The van der Waals surface area contributed by atoms with Crippen molar-refractivity contribution in [1.29, 1.82) is 0 Å². The van der Waals surface area contributed by atoms with Gasteiger partial charge in [-0.1, -0.05) is 17.8 Å². The van der Waals surface area contributed by atoms with Crippen LogP contribution in [0.1, 0.15) is 29.8 Å². The van der Waals surface area contributed by atoms with Crippen molar-refractivity contribution in [3.8, 4) is 11.6 Å². The van der Waals surface area contributed by atoms with Crippen LogP contribution in [0.15, 0.2) is 34.3 Å². The molecule has 170 valence electrons. The summed E-state index contributed by atoms with van der Waals surface area (Å²) < 4.78 is 45.7. The highest BCUT2D eigenvalue weighted by molar-refractivity contribution is 7.99. The van der Waals surface area contributed by atoms with Gasteiger partial charge in [-0.25, -0.2) is 4.98 Å². The summed E-state index contributed by atoms with van der Waals surface area (Å²) in [4.78, 5) is 10.2. The van der Waals surface area contributed by atoms with Crippen LogP contribution in [0.3, 0.4) is 0 Å². The number of hydrogen-bond acceptors (Lipinski definition) is 7. The molecule has 2 unspecified atom stereocenters. The van der Waals surface area contributed by atoms with E-state index in [0.29, 0.717) is 17.5 Å². The Kier molecular flexibility index (Phi) is 5.28. The Bertz CT molecular complexity index is 1110. The fourth-order valence-corrected chi connectivity index (χ4v) is 5.50. The molecule has 2 aliphatic rings. The van der Waals surface area contributed by atoms with Crippen molar-refractivity contribution in [3.63, 3.8) is 0 Å². The van der Waals surface area contributed by atoms with Gasteiger partial charge in [-0.15, -0.1) is 10.2 Å². The van der Waals surface area contributed by atoms with Gasteiger partial charge in [-0.05, 0) is 43.9 Å². The van der Waals surface area contributed by atoms with E-state index >= 15 is 0 Å². The first-order valence-electron chi connectivity index (χ1n) is 10.5. The number of nitrogens with zero attached hydrogens (tertiary/aromatic N) is 6. The number of fused-ring (bicyclic) bond motifs is 1. The van der Waals surface area contributed by atoms with Crippen LogP contribution in [0.4, 0.5) is 13.2 Å². The molecule has 2 fully saturated rings. The molecule has 1 saturated carbocycles. The van der Waals surface area contributed by atoms with Crippen LogP contribution in [0, 0.1) is 12.8 Å². The normalized spacial score (nSPS) is 23.0. The summed E-state index contributed by atoms with van der Waals surface area (Å²) in [7, 11) is 1.91. The Morgan fingerprint density at radius 1 is 1.25 bits per heavy atom. The molecule has 0 N–H and O–H groups in total. The monoisotopic (exact) mass is 464 g/mol. The third kappa shape index (κ3) is 3.81. The SMILES string of the molecule is Cc1ncoc1-c1nnc(SCCCN2CC3CC3(c3ccc(C(F)(F)F)nc3)C2)n1C. The fraction of sp³-hybridized carbons (Fsp3) is 0.524. The number of rotatable bonds is 7. The van der Waals surface area contributed by atoms with Crippen LogP contribution in [-0.2, 0) is 18.6 Å². The Balaban J connectivity index is 1.12. The lowest BCUT2D eigenvalue weighted by molar-refractivity contribution is -0.141. The van der Waals surface area contributed by atoms with Gasteiger partial charge < -0.3 is 13.9 Å². The highest BCUT2D eigenvalue weighted by Gasteiger charge is 2.60. The van der Waals surface area contributed by atoms with Crippen LogP contribution in [0.5, 0.6) is 0 Å². The highest BCUT2D eigenvalue weighted by atomic mass is 32.2. The molecule has 1 aliphatic carbocycles. The van der Waals surface area contributed by atoms with E-state index < -0.39 is 11.9 Å². The first kappa shape index (κ1) is 21.4. The second-order valence-electron chi connectivity index (χ2n) is 8.56. The summed E-state index contributed by atoms with van der Waals surface area (Å²) in [6, 6.07) is 2.71. The summed E-state index contributed by atoms with van der Waals surface area (Å²) in [6.45, 7) is 4.69. The van der Waals surface area contributed by atoms with Crippen LogP contribution >= 0.6 is 11.8 Å². The molecule has 32 heavy (non-hydrogen) atoms. The van der Waals surface area contributed by atoms with Crippen molar-refractivity contribution in [2.45, 2.75) is 36.5 Å². The predicted octanol–water partition coefficient (Wildman–Crippen LogP) is 3.95. The maximum absolute atomic E-state index is 12.8. The minimum absolute atomic E-state index is 0.0162. The van der Waals surface area contributed by atoms with Crippen molar-refractivity contribution in [1.82, 2.24) is 29.6 Å². The predicted molar refractivity (Wildman–Crippen MR) is 112 cm³/mol. The van der Waals surface area contributed by atoms with Crippen molar-refractivity contribution >= 4 is 11.8 Å². The second-order valence-corrected chi connectivity index (χ2v) is 9.62. The van der Waals surface area contributed by atoms with E-state index in [1.54, 1.807) is 17.8 Å². The zero-order valence-corrected chi connectivity index (χ0v) is 18.6. The number of aromatic nitrogens is 5. The van der Waals surface area contributed by atoms with E-state index in [0.717, 1.165) is 60.7 Å². The molecule has 0 aromatic carbocycles. The van der Waals surface area contributed by atoms with Gasteiger partial charge in [0, 0.05) is 37.5 Å². The maximum atomic E-state index is 12.8. The number of alkyl halides is 3. The van der Waals surface area contributed by atoms with Gasteiger partial charge >= 0.3 is 6.18 Å². The number of likely N-dealkylation sites (tertiary alicyclic amines) is 1. The molecule has 2 atom stereocenters. The summed E-state index contributed by atoms with van der Waals surface area (Å²) >= 11 is 1.65. The lowest BCUT2D eigenvalue weighted by Gasteiger charge is -2.21. The minimum atomic E-state index is -4.39. The zero-order valence-electron chi connectivity index (χ0n) is 17.8. The van der Waals surface area contributed by atoms with Crippen LogP contribution in [-0.4, -0.2) is 55.0 Å². The molecular weight excluding hydrogens is 441 g/mol. The molecule has 3 aromatic heterocycles. The number of pyridine rings is 1. The van der Waals surface area contributed by atoms with E-state index in [4.69, 9.17) is 4.42 Å². The summed E-state index contributed by atoms with van der Waals surface area (Å²) in [5, 5.41) is 9.32. The number of aryl methyl sites for hydroxylation is 1. The van der Waals surface area contributed by atoms with Gasteiger partial charge in [0.05, 0.1) is 5.69 Å². The molecule has 4 heterocycles. The maximum Gasteiger partial charge on any atom is 0.433 e. The molecule has 5 rings (SSSR count). The van der Waals surface area contributed by atoms with E-state index in [2.05, 4.69) is 25.1 Å². The number of halogens is 3. The largest absolute Gasteiger partial charge is 0.440 e. The molecule has 0 bridgehead atoms. The fourth-order valence-electron chi connectivity index (χ4n) is 4.67. The molecule has 1 saturated heterocycles. The van der Waals surface area contributed by atoms with Gasteiger partial charge in [0.2, 0.25) is 5.82 Å². The van der Waals surface area contributed by atoms with Crippen LogP contribution in [0.2, 0.25) is 0 Å². The average Bonchev–Trinajstić information content (AvgIpc) is 3.05. The summed E-state index contributed by atoms with van der Waals surface area (Å²) in [6.07, 6.45) is 0.455. The van der Waals surface area contributed by atoms with Gasteiger partial charge in [0.1, 0.15) is 5.69 Å². The molecule has 1 aliphatic heterocycles. The smallest absolute Gasteiger partial charge is 0.433 e. The first-order chi connectivity index (χ1) is 15.3. The van der Waals surface area contributed by atoms with E-state index in [9.17, 15) is 13.2 Å². The van der Waals surface area contributed by atoms with Crippen LogP contribution in [0.25, 0.3) is 11.6 Å². The van der Waals surface area contributed by atoms with Crippen molar-refractivity contribution in [3.05, 3.63) is 41.7 Å². The molecule has 0 radical (unpaired) electrons. The third-order valence-electron chi connectivity index (χ3n) is 6.48. The molecular formula is C21H23F3N6OS. The van der Waals surface area contributed by atoms with Gasteiger partial charge in [0.25, 0.3) is 0 Å². The third-order valence-corrected chi connectivity index (χ3v) is 7.59. The minimum Gasteiger partial charge on any atom is -0.440 e. The number of piperidine rings is 1. The van der Waals surface area contributed by atoms with Crippen molar-refractivity contribution in [2.24, 2.45) is 13.0 Å². The Labute approximate surface area is 187 Å². The summed E-state index contributed by atoms with van der Waals surface area (Å²) in [5.41, 5.74) is 0.869. The second kappa shape index (κ2) is 7.87. The number of hydrogen-bond donors (Lipinski definition) is 0. The molecule has 3 aromatic rings. The van der Waals surface area contributed by atoms with Gasteiger partial charge in [-0.2, -0.15) is 13.2 Å². The molecule has 7 nitrogen and oxygen atoms in total. The summed E-state index contributed by atoms with van der Waals surface area (Å²) in [5.74, 6) is 2.71. The lowest BCUT2D eigenvalue weighted by Crippen LogP contribution is -2.28. The van der Waals surface area contributed by atoms with E-state index in [1.165, 1.54) is 12.6 Å². The number of thioether (sulfide) groups is 1. The quantitative estimate of drug-likeness (QED) is 0.387. The van der Waals surface area contributed by atoms with Gasteiger partial charge in [0.15, 0.2) is 17.3 Å². The Hall–Kier alpha value is -2.40. The molecule has 0 amide bonds. The lowest BCUT2D eigenvalue weighted by atomic mass is 9.96. The Morgan fingerprint density at radius 2 is 2.09 bits per heavy atom. The van der Waals surface area contributed by atoms with Gasteiger partial charge in [-0.3, -0.25) is 4.98 Å². The molecule has 11 heteroatoms. The van der Waals surface area contributed by atoms with E-state index in [1.807, 2.05) is 18.5 Å². The number of oxazole rings is 1.